The fourth-order valence-electron chi connectivity index (χ4n) is 5.14. The van der Waals surface area contributed by atoms with E-state index in [4.69, 9.17) is 9.47 Å². The summed E-state index contributed by atoms with van der Waals surface area (Å²) < 4.78 is 12.2. The molecular formula is C24H42O4. The first-order valence-corrected chi connectivity index (χ1v) is 11.5. The predicted octanol–water partition coefficient (Wildman–Crippen LogP) is 6.35. The van der Waals surface area contributed by atoms with Gasteiger partial charge in [0.25, 0.3) is 0 Å². The Balaban J connectivity index is 2.09. The molecule has 2 fully saturated rings. The van der Waals surface area contributed by atoms with E-state index in [-0.39, 0.29) is 23.1 Å². The van der Waals surface area contributed by atoms with Crippen LogP contribution in [0.25, 0.3) is 0 Å². The van der Waals surface area contributed by atoms with Crippen molar-refractivity contribution in [2.75, 3.05) is 0 Å². The zero-order valence-corrected chi connectivity index (χ0v) is 19.1. The molecule has 0 aromatic rings. The maximum absolute atomic E-state index is 13.2. The van der Waals surface area contributed by atoms with Crippen LogP contribution >= 0.6 is 0 Å². The minimum absolute atomic E-state index is 0.148. The van der Waals surface area contributed by atoms with Gasteiger partial charge in [-0.3, -0.25) is 9.59 Å². The van der Waals surface area contributed by atoms with Crippen LogP contribution in [0.1, 0.15) is 119 Å². The monoisotopic (exact) mass is 394 g/mol. The lowest BCUT2D eigenvalue weighted by atomic mass is 9.72. The molecule has 1 atom stereocenters. The van der Waals surface area contributed by atoms with Crippen molar-refractivity contribution >= 4 is 11.9 Å². The first-order chi connectivity index (χ1) is 13.1. The average molecular weight is 395 g/mol. The maximum Gasteiger partial charge on any atom is 0.312 e. The SMILES string of the molecule is CCC1(OC(=O)C(C)(C)CC(C)(CC)C(=O)OC2(CC)CCCC2)CCCC1. The molecule has 0 bridgehead atoms. The summed E-state index contributed by atoms with van der Waals surface area (Å²) in [5.41, 5.74) is -1.99. The summed E-state index contributed by atoms with van der Waals surface area (Å²) in [6, 6.07) is 0. The lowest BCUT2D eigenvalue weighted by Crippen LogP contribution is -2.44. The van der Waals surface area contributed by atoms with Crippen LogP contribution in [0.3, 0.4) is 0 Å². The van der Waals surface area contributed by atoms with E-state index in [0.29, 0.717) is 12.8 Å². The van der Waals surface area contributed by atoms with Crippen molar-refractivity contribution in [3.8, 4) is 0 Å². The minimum atomic E-state index is -0.719. The van der Waals surface area contributed by atoms with E-state index in [1.807, 2.05) is 27.7 Å². The number of carbonyl (C=O) groups is 2. The van der Waals surface area contributed by atoms with Crippen LogP contribution in [0.5, 0.6) is 0 Å². The highest BCUT2D eigenvalue weighted by molar-refractivity contribution is 5.81. The fraction of sp³-hybridized carbons (Fsp3) is 0.917. The summed E-state index contributed by atoms with van der Waals surface area (Å²) in [5.74, 6) is -0.319. The Kier molecular flexibility index (Phi) is 7.26. The van der Waals surface area contributed by atoms with E-state index >= 15 is 0 Å². The topological polar surface area (TPSA) is 52.6 Å². The molecule has 2 saturated carbocycles. The van der Waals surface area contributed by atoms with Crippen LogP contribution in [-0.2, 0) is 19.1 Å². The molecule has 0 saturated heterocycles. The molecule has 2 aliphatic carbocycles. The molecule has 0 N–H and O–H groups in total. The summed E-state index contributed by atoms with van der Waals surface area (Å²) in [5, 5.41) is 0. The second kappa shape index (κ2) is 8.75. The lowest BCUT2D eigenvalue weighted by molar-refractivity contribution is -0.180. The molecule has 0 amide bonds. The first-order valence-electron chi connectivity index (χ1n) is 11.5. The van der Waals surface area contributed by atoms with Gasteiger partial charge in [0.15, 0.2) is 0 Å². The van der Waals surface area contributed by atoms with E-state index in [1.54, 1.807) is 0 Å². The molecule has 4 heteroatoms. The van der Waals surface area contributed by atoms with Crippen LogP contribution in [0.2, 0.25) is 0 Å². The molecule has 0 aromatic carbocycles. The van der Waals surface area contributed by atoms with Crippen LogP contribution in [0.15, 0.2) is 0 Å². The Morgan fingerprint density at radius 2 is 1.14 bits per heavy atom. The summed E-state index contributed by atoms with van der Waals surface area (Å²) in [6.45, 7) is 12.0. The Morgan fingerprint density at radius 1 is 0.750 bits per heavy atom. The molecule has 0 aromatic heterocycles. The molecule has 1 unspecified atom stereocenters. The molecule has 0 aliphatic heterocycles. The van der Waals surface area contributed by atoms with Gasteiger partial charge in [-0.05, 0) is 97.8 Å². The third-order valence-corrected chi connectivity index (χ3v) is 7.59. The molecule has 28 heavy (non-hydrogen) atoms. The van der Waals surface area contributed by atoms with Crippen molar-refractivity contribution in [2.24, 2.45) is 10.8 Å². The van der Waals surface area contributed by atoms with Gasteiger partial charge >= 0.3 is 11.9 Å². The smallest absolute Gasteiger partial charge is 0.312 e. The van der Waals surface area contributed by atoms with Gasteiger partial charge in [0.2, 0.25) is 0 Å². The molecule has 4 nitrogen and oxygen atoms in total. The highest BCUT2D eigenvalue weighted by Crippen LogP contribution is 2.44. The van der Waals surface area contributed by atoms with E-state index in [0.717, 1.165) is 64.2 Å². The lowest BCUT2D eigenvalue weighted by Gasteiger charge is -2.39. The molecule has 162 valence electrons. The summed E-state index contributed by atoms with van der Waals surface area (Å²) in [6.07, 6.45) is 11.2. The summed E-state index contributed by atoms with van der Waals surface area (Å²) in [7, 11) is 0. The van der Waals surface area contributed by atoms with Crippen molar-refractivity contribution in [1.29, 1.82) is 0 Å². The van der Waals surface area contributed by atoms with Gasteiger partial charge in [-0.15, -0.1) is 0 Å². The maximum atomic E-state index is 13.2. The molecular weight excluding hydrogens is 352 g/mol. The second-order valence-corrected chi connectivity index (χ2v) is 10.2. The molecule has 0 spiro atoms. The highest BCUT2D eigenvalue weighted by Gasteiger charge is 2.48. The zero-order chi connectivity index (χ0) is 21.1. The van der Waals surface area contributed by atoms with Gasteiger partial charge in [0.1, 0.15) is 11.2 Å². The predicted molar refractivity (Wildman–Crippen MR) is 112 cm³/mol. The molecule has 0 radical (unpaired) electrons. The van der Waals surface area contributed by atoms with Crippen molar-refractivity contribution in [3.63, 3.8) is 0 Å². The molecule has 0 heterocycles. The van der Waals surface area contributed by atoms with E-state index < -0.39 is 10.8 Å². The summed E-state index contributed by atoms with van der Waals surface area (Å²) >= 11 is 0. The minimum Gasteiger partial charge on any atom is -0.459 e. The van der Waals surface area contributed by atoms with Crippen molar-refractivity contribution in [3.05, 3.63) is 0 Å². The third-order valence-electron chi connectivity index (χ3n) is 7.59. The Morgan fingerprint density at radius 3 is 1.50 bits per heavy atom. The fourth-order valence-corrected chi connectivity index (χ4v) is 5.14. The number of carbonyl (C=O) groups excluding carboxylic acids is 2. The summed E-state index contributed by atoms with van der Waals surface area (Å²) in [4.78, 5) is 26.3. The van der Waals surface area contributed by atoms with E-state index in [1.165, 1.54) is 0 Å². The Bertz CT molecular complexity index is 553. The van der Waals surface area contributed by atoms with Gasteiger partial charge in [0, 0.05) is 0 Å². The van der Waals surface area contributed by atoms with Crippen molar-refractivity contribution in [2.45, 2.75) is 130 Å². The Labute approximate surface area is 172 Å². The quantitative estimate of drug-likeness (QED) is 0.427. The van der Waals surface area contributed by atoms with E-state index in [9.17, 15) is 9.59 Å². The van der Waals surface area contributed by atoms with Crippen molar-refractivity contribution < 1.29 is 19.1 Å². The normalized spacial score (nSPS) is 23.2. The molecule has 2 rings (SSSR count). The van der Waals surface area contributed by atoms with Gasteiger partial charge in [-0.25, -0.2) is 0 Å². The number of hydrogen-bond acceptors (Lipinski definition) is 4. The van der Waals surface area contributed by atoms with Crippen molar-refractivity contribution in [1.82, 2.24) is 0 Å². The molecule has 2 aliphatic rings. The Hall–Kier alpha value is -1.06. The van der Waals surface area contributed by atoms with Crippen LogP contribution in [-0.4, -0.2) is 23.1 Å². The van der Waals surface area contributed by atoms with Crippen LogP contribution in [0, 0.1) is 10.8 Å². The van der Waals surface area contributed by atoms with E-state index in [2.05, 4.69) is 13.8 Å². The van der Waals surface area contributed by atoms with Gasteiger partial charge in [-0.1, -0.05) is 20.8 Å². The van der Waals surface area contributed by atoms with Crippen LogP contribution in [0.4, 0.5) is 0 Å². The number of rotatable bonds is 9. The van der Waals surface area contributed by atoms with Gasteiger partial charge < -0.3 is 9.47 Å². The largest absolute Gasteiger partial charge is 0.459 e. The highest BCUT2D eigenvalue weighted by atomic mass is 16.6. The average Bonchev–Trinajstić information content (AvgIpc) is 3.31. The zero-order valence-electron chi connectivity index (χ0n) is 19.1. The second-order valence-electron chi connectivity index (χ2n) is 10.2. The standard InChI is InChI=1S/C24H42O4/c1-7-22(6,20(26)28-24(9-3)16-12-13-17-24)18-21(4,5)19(25)27-23(8-2)14-10-11-15-23/h7-18H2,1-6H3. The number of esters is 2. The van der Waals surface area contributed by atoms with Gasteiger partial charge in [0.05, 0.1) is 10.8 Å². The number of hydrogen-bond donors (Lipinski definition) is 0. The number of ether oxygens (including phenoxy) is 2. The van der Waals surface area contributed by atoms with Crippen LogP contribution < -0.4 is 0 Å². The third kappa shape index (κ3) is 4.91. The van der Waals surface area contributed by atoms with Gasteiger partial charge in [-0.2, -0.15) is 0 Å². The first kappa shape index (κ1) is 23.2.